The second-order valence-electron chi connectivity index (χ2n) is 5.00. The van der Waals surface area contributed by atoms with Crippen molar-refractivity contribution in [2.75, 3.05) is 43.1 Å². The summed E-state index contributed by atoms with van der Waals surface area (Å²) in [6.07, 6.45) is -4.56. The number of carbonyl (C=O) groups is 2. The fourth-order valence-electron chi connectivity index (χ4n) is 2.26. The molecule has 1 aromatic carbocycles. The van der Waals surface area contributed by atoms with Gasteiger partial charge in [-0.25, -0.2) is 4.79 Å². The van der Waals surface area contributed by atoms with E-state index in [0.717, 1.165) is 12.1 Å². The molecule has 1 fully saturated rings. The number of ether oxygens (including phenoxy) is 2. The maximum atomic E-state index is 12.9. The van der Waals surface area contributed by atoms with E-state index in [2.05, 4.69) is 10.1 Å². The first kappa shape index (κ1) is 18.1. The van der Waals surface area contributed by atoms with Gasteiger partial charge >= 0.3 is 18.1 Å². The molecule has 0 unspecified atom stereocenters. The molecule has 9 heteroatoms. The normalized spacial score (nSPS) is 15.1. The Morgan fingerprint density at radius 2 is 1.96 bits per heavy atom. The van der Waals surface area contributed by atoms with Crippen LogP contribution in [-0.4, -0.2) is 44.8 Å². The van der Waals surface area contributed by atoms with Gasteiger partial charge in [0.25, 0.3) is 0 Å². The number of nitrogens with one attached hydrogen (secondary N) is 1. The molecule has 6 nitrogen and oxygen atoms in total. The van der Waals surface area contributed by atoms with Gasteiger partial charge in [-0.1, -0.05) is 0 Å². The van der Waals surface area contributed by atoms with E-state index in [4.69, 9.17) is 4.74 Å². The number of carbonyl (C=O) groups excluding carboxylic acids is 2. The molecule has 1 saturated heterocycles. The van der Waals surface area contributed by atoms with Crippen molar-refractivity contribution < 1.29 is 32.2 Å². The minimum atomic E-state index is -4.56. The molecule has 1 aliphatic heterocycles. The zero-order chi connectivity index (χ0) is 17.7. The number of benzene rings is 1. The Morgan fingerprint density at radius 3 is 2.54 bits per heavy atom. The first-order valence-corrected chi connectivity index (χ1v) is 7.35. The molecular weight excluding hydrogens is 329 g/mol. The molecule has 0 spiro atoms. The van der Waals surface area contributed by atoms with Crippen LogP contribution in [-0.2, 0) is 25.2 Å². The van der Waals surface area contributed by atoms with Crippen LogP contribution in [0.2, 0.25) is 0 Å². The van der Waals surface area contributed by atoms with Gasteiger partial charge in [0.05, 0.1) is 36.8 Å². The number of halogens is 3. The first-order chi connectivity index (χ1) is 11.3. The molecule has 0 radical (unpaired) electrons. The summed E-state index contributed by atoms with van der Waals surface area (Å²) >= 11 is 0. The van der Waals surface area contributed by atoms with Crippen molar-refractivity contribution in [2.45, 2.75) is 13.1 Å². The van der Waals surface area contributed by atoms with Crippen molar-refractivity contribution in [3.8, 4) is 0 Å². The van der Waals surface area contributed by atoms with Crippen molar-refractivity contribution in [1.82, 2.24) is 0 Å². The highest BCUT2D eigenvalue weighted by Gasteiger charge is 2.32. The van der Waals surface area contributed by atoms with Crippen LogP contribution in [0.3, 0.4) is 0 Å². The molecule has 1 amide bonds. The maximum Gasteiger partial charge on any atom is 0.416 e. The SMILES string of the molecule is CCOC(=O)C(=O)Nc1cc(C(F)(F)F)ccc1N1CCOCC1. The van der Waals surface area contributed by atoms with E-state index in [1.807, 2.05) is 0 Å². The topological polar surface area (TPSA) is 67.9 Å². The van der Waals surface area contributed by atoms with Gasteiger partial charge in [0.2, 0.25) is 0 Å². The van der Waals surface area contributed by atoms with E-state index in [-0.39, 0.29) is 12.3 Å². The fraction of sp³-hybridized carbons (Fsp3) is 0.467. The zero-order valence-corrected chi connectivity index (χ0v) is 13.0. The maximum absolute atomic E-state index is 12.9. The lowest BCUT2D eigenvalue weighted by Crippen LogP contribution is -2.37. The van der Waals surface area contributed by atoms with E-state index in [1.54, 1.807) is 4.90 Å². The highest BCUT2D eigenvalue weighted by atomic mass is 19.4. The molecule has 0 atom stereocenters. The van der Waals surface area contributed by atoms with Crippen molar-refractivity contribution in [2.24, 2.45) is 0 Å². The summed E-state index contributed by atoms with van der Waals surface area (Å²) in [5, 5.41) is 2.21. The standard InChI is InChI=1S/C15H17F3N2O4/c1-2-24-14(22)13(21)19-11-9-10(15(16,17)18)3-4-12(11)20-5-7-23-8-6-20/h3-4,9H,2,5-8H2,1H3,(H,19,21). The number of hydrogen-bond acceptors (Lipinski definition) is 5. The van der Waals surface area contributed by atoms with Crippen molar-refractivity contribution in [1.29, 1.82) is 0 Å². The Kier molecular flexibility index (Phi) is 5.66. The van der Waals surface area contributed by atoms with Gasteiger partial charge in [-0.2, -0.15) is 13.2 Å². The molecule has 1 heterocycles. The molecule has 0 aromatic heterocycles. The van der Waals surface area contributed by atoms with Gasteiger partial charge in [-0.3, -0.25) is 4.79 Å². The number of hydrogen-bond donors (Lipinski definition) is 1. The third-order valence-electron chi connectivity index (χ3n) is 3.38. The van der Waals surface area contributed by atoms with Crippen LogP contribution in [0.1, 0.15) is 12.5 Å². The quantitative estimate of drug-likeness (QED) is 0.670. The highest BCUT2D eigenvalue weighted by molar-refractivity contribution is 6.37. The summed E-state index contributed by atoms with van der Waals surface area (Å²) in [5.41, 5.74) is -0.618. The fourth-order valence-corrected chi connectivity index (χ4v) is 2.26. The molecule has 0 saturated carbocycles. The average molecular weight is 346 g/mol. The van der Waals surface area contributed by atoms with E-state index < -0.39 is 23.6 Å². The summed E-state index contributed by atoms with van der Waals surface area (Å²) in [5.74, 6) is -2.27. The third-order valence-corrected chi connectivity index (χ3v) is 3.38. The molecular formula is C15H17F3N2O4. The predicted octanol–water partition coefficient (Wildman–Crippen LogP) is 2.04. The van der Waals surface area contributed by atoms with Crippen molar-refractivity contribution in [3.05, 3.63) is 23.8 Å². The molecule has 24 heavy (non-hydrogen) atoms. The minimum absolute atomic E-state index is 0.00876. The van der Waals surface area contributed by atoms with Gasteiger partial charge in [-0.05, 0) is 25.1 Å². The third kappa shape index (κ3) is 4.38. The van der Waals surface area contributed by atoms with Gasteiger partial charge in [0, 0.05) is 13.1 Å². The van der Waals surface area contributed by atoms with E-state index >= 15 is 0 Å². The van der Waals surface area contributed by atoms with Crippen molar-refractivity contribution in [3.63, 3.8) is 0 Å². The van der Waals surface area contributed by atoms with Crippen LogP contribution in [0.15, 0.2) is 18.2 Å². The Hall–Kier alpha value is -2.29. The number of rotatable bonds is 3. The summed E-state index contributed by atoms with van der Waals surface area (Å²) in [4.78, 5) is 25.0. The second kappa shape index (κ2) is 7.52. The molecule has 2 rings (SSSR count). The summed E-state index contributed by atoms with van der Waals surface area (Å²) in [7, 11) is 0. The highest BCUT2D eigenvalue weighted by Crippen LogP contribution is 2.35. The zero-order valence-electron chi connectivity index (χ0n) is 13.0. The van der Waals surface area contributed by atoms with Crippen LogP contribution in [0.25, 0.3) is 0 Å². The van der Waals surface area contributed by atoms with Gasteiger partial charge in [0.15, 0.2) is 0 Å². The lowest BCUT2D eigenvalue weighted by Gasteiger charge is -2.30. The lowest BCUT2D eigenvalue weighted by molar-refractivity contribution is -0.152. The largest absolute Gasteiger partial charge is 0.459 e. The molecule has 0 aliphatic carbocycles. The summed E-state index contributed by atoms with van der Waals surface area (Å²) in [6.45, 7) is 3.29. The minimum Gasteiger partial charge on any atom is -0.459 e. The second-order valence-corrected chi connectivity index (χ2v) is 5.00. The Balaban J connectivity index is 2.32. The molecule has 1 aromatic rings. The van der Waals surface area contributed by atoms with Gasteiger partial charge in [-0.15, -0.1) is 0 Å². The number of morpholine rings is 1. The number of esters is 1. The van der Waals surface area contributed by atoms with E-state index in [1.165, 1.54) is 13.0 Å². The van der Waals surface area contributed by atoms with Crippen LogP contribution < -0.4 is 10.2 Å². The van der Waals surface area contributed by atoms with Crippen LogP contribution in [0.5, 0.6) is 0 Å². The van der Waals surface area contributed by atoms with Crippen molar-refractivity contribution >= 4 is 23.3 Å². The average Bonchev–Trinajstić information content (AvgIpc) is 2.55. The molecule has 0 bridgehead atoms. The smallest absolute Gasteiger partial charge is 0.416 e. The van der Waals surface area contributed by atoms with Gasteiger partial charge < -0.3 is 19.7 Å². The predicted molar refractivity (Wildman–Crippen MR) is 79.7 cm³/mol. The lowest BCUT2D eigenvalue weighted by atomic mass is 10.1. The molecule has 1 aliphatic rings. The molecule has 132 valence electrons. The van der Waals surface area contributed by atoms with E-state index in [0.29, 0.717) is 32.0 Å². The Labute approximate surface area is 136 Å². The van der Waals surface area contributed by atoms with Gasteiger partial charge in [0.1, 0.15) is 0 Å². The van der Waals surface area contributed by atoms with Crippen LogP contribution in [0, 0.1) is 0 Å². The number of anilines is 2. The number of nitrogens with zero attached hydrogens (tertiary/aromatic N) is 1. The first-order valence-electron chi connectivity index (χ1n) is 7.35. The number of amides is 1. The Bertz CT molecular complexity index is 613. The monoisotopic (exact) mass is 346 g/mol. The number of alkyl halides is 3. The molecule has 1 N–H and O–H groups in total. The van der Waals surface area contributed by atoms with E-state index in [9.17, 15) is 22.8 Å². The Morgan fingerprint density at radius 1 is 1.29 bits per heavy atom. The summed E-state index contributed by atoms with van der Waals surface area (Å²) in [6, 6.07) is 3.02. The van der Waals surface area contributed by atoms with Crippen LogP contribution >= 0.6 is 0 Å². The van der Waals surface area contributed by atoms with Crippen LogP contribution in [0.4, 0.5) is 24.5 Å². The summed E-state index contributed by atoms with van der Waals surface area (Å²) < 4.78 is 48.5.